The van der Waals surface area contributed by atoms with Gasteiger partial charge in [-0.25, -0.2) is 4.79 Å². The Morgan fingerprint density at radius 1 is 1.50 bits per heavy atom. The second-order valence-corrected chi connectivity index (χ2v) is 6.14. The first kappa shape index (κ1) is 15.3. The summed E-state index contributed by atoms with van der Waals surface area (Å²) in [4.78, 5) is 22.7. The van der Waals surface area contributed by atoms with Crippen LogP contribution < -0.4 is 5.32 Å². The summed E-state index contributed by atoms with van der Waals surface area (Å²) >= 11 is 8.62. The number of rotatable bonds is 7. The Bertz CT molecular complexity index is 424. The number of carbonyl (C=O) groups is 2. The molecular weight excluding hydrogens is 298 g/mol. The maximum Gasteiger partial charge on any atom is 0.334 e. The van der Waals surface area contributed by atoms with Crippen LogP contribution in [0.4, 0.5) is 0 Å². The van der Waals surface area contributed by atoms with Crippen LogP contribution in [0.3, 0.4) is 0 Å². The van der Waals surface area contributed by atoms with Gasteiger partial charge in [0.15, 0.2) is 6.10 Å². The number of aliphatic hydroxyl groups is 1. The van der Waals surface area contributed by atoms with Crippen LogP contribution in [0, 0.1) is 0 Å². The molecule has 0 aliphatic heterocycles. The number of nitrogens with one attached hydrogen (secondary N) is 1. The van der Waals surface area contributed by atoms with Crippen LogP contribution in [0.1, 0.15) is 4.88 Å². The summed E-state index contributed by atoms with van der Waals surface area (Å²) in [5, 5.41) is 19.7. The van der Waals surface area contributed by atoms with Crippen LogP contribution in [0.15, 0.2) is 12.1 Å². The maximum absolute atomic E-state index is 11.3. The van der Waals surface area contributed by atoms with E-state index >= 15 is 0 Å². The van der Waals surface area contributed by atoms with E-state index in [1.54, 1.807) is 6.07 Å². The van der Waals surface area contributed by atoms with Crippen molar-refractivity contribution in [2.45, 2.75) is 11.9 Å². The van der Waals surface area contributed by atoms with Crippen LogP contribution in [-0.4, -0.2) is 40.5 Å². The highest BCUT2D eigenvalue weighted by atomic mass is 35.5. The number of carbonyl (C=O) groups excluding carboxylic acids is 1. The molecule has 0 aliphatic rings. The molecule has 0 aliphatic carbocycles. The van der Waals surface area contributed by atoms with E-state index in [4.69, 9.17) is 21.8 Å². The Labute approximate surface area is 117 Å². The summed E-state index contributed by atoms with van der Waals surface area (Å²) in [7, 11) is 0. The molecule has 1 unspecified atom stereocenters. The van der Waals surface area contributed by atoms with Crippen molar-refractivity contribution < 1.29 is 19.8 Å². The van der Waals surface area contributed by atoms with E-state index < -0.39 is 12.1 Å². The number of aliphatic hydroxyl groups excluding tert-OH is 1. The minimum Gasteiger partial charge on any atom is -0.479 e. The lowest BCUT2D eigenvalue weighted by molar-refractivity contribution is -0.146. The number of amides is 1. The molecule has 0 aromatic carbocycles. The molecule has 8 heteroatoms. The molecule has 0 saturated carbocycles. The fourth-order valence-electron chi connectivity index (χ4n) is 1.02. The number of hydrogen-bond donors (Lipinski definition) is 3. The van der Waals surface area contributed by atoms with E-state index in [0.29, 0.717) is 10.1 Å². The predicted octanol–water partition coefficient (Wildman–Crippen LogP) is 1.20. The molecule has 100 valence electrons. The minimum absolute atomic E-state index is 0.210. The standard InChI is InChI=1S/C10H12ClNO4S2/c11-8-2-1-6(18-8)4-17-5-9(14)12-3-7(13)10(15)16/h1-2,7,13H,3-5H2,(H,12,14)(H,15,16). The third kappa shape index (κ3) is 5.72. The predicted molar refractivity (Wildman–Crippen MR) is 72.1 cm³/mol. The first-order valence-corrected chi connectivity index (χ1v) is 7.33. The fraction of sp³-hybridized carbons (Fsp3) is 0.400. The number of hydrogen-bond acceptors (Lipinski definition) is 5. The Kier molecular flexibility index (Phi) is 6.48. The smallest absolute Gasteiger partial charge is 0.334 e. The van der Waals surface area contributed by atoms with E-state index in [2.05, 4.69) is 5.32 Å². The van der Waals surface area contributed by atoms with Crippen molar-refractivity contribution in [3.05, 3.63) is 21.3 Å². The van der Waals surface area contributed by atoms with Crippen molar-refractivity contribution in [2.24, 2.45) is 0 Å². The first-order chi connectivity index (χ1) is 8.49. The van der Waals surface area contributed by atoms with Gasteiger partial charge in [-0.3, -0.25) is 4.79 Å². The summed E-state index contributed by atoms with van der Waals surface area (Å²) in [6, 6.07) is 3.69. The van der Waals surface area contributed by atoms with Crippen LogP contribution in [-0.2, 0) is 15.3 Å². The average Bonchev–Trinajstić information content (AvgIpc) is 2.71. The van der Waals surface area contributed by atoms with Gasteiger partial charge < -0.3 is 15.5 Å². The van der Waals surface area contributed by atoms with Crippen LogP contribution >= 0.6 is 34.7 Å². The molecule has 5 nitrogen and oxygen atoms in total. The highest BCUT2D eigenvalue weighted by molar-refractivity contribution is 7.99. The third-order valence-electron chi connectivity index (χ3n) is 1.88. The molecule has 1 atom stereocenters. The Morgan fingerprint density at radius 2 is 2.22 bits per heavy atom. The summed E-state index contributed by atoms with van der Waals surface area (Å²) in [5.74, 6) is -0.770. The fourth-order valence-corrected chi connectivity index (χ4v) is 3.08. The second kappa shape index (κ2) is 7.63. The molecule has 0 spiro atoms. The molecule has 1 heterocycles. The molecule has 1 aromatic heterocycles. The van der Waals surface area contributed by atoms with Crippen LogP contribution in [0.25, 0.3) is 0 Å². The van der Waals surface area contributed by atoms with Gasteiger partial charge in [-0.1, -0.05) is 11.6 Å². The number of carboxylic acid groups (broad SMARTS) is 1. The van der Waals surface area contributed by atoms with E-state index in [-0.39, 0.29) is 18.2 Å². The molecule has 3 N–H and O–H groups in total. The summed E-state index contributed by atoms with van der Waals surface area (Å²) < 4.78 is 0.708. The Balaban J connectivity index is 2.15. The SMILES string of the molecule is O=C(CSCc1ccc(Cl)s1)NCC(O)C(=O)O. The molecular formula is C10H12ClNO4S2. The number of thioether (sulfide) groups is 1. The van der Waals surface area contributed by atoms with Gasteiger partial charge in [-0.05, 0) is 12.1 Å². The van der Waals surface area contributed by atoms with Gasteiger partial charge in [0.1, 0.15) is 0 Å². The van der Waals surface area contributed by atoms with Gasteiger partial charge in [0.05, 0.1) is 16.6 Å². The van der Waals surface area contributed by atoms with E-state index in [1.807, 2.05) is 6.07 Å². The molecule has 0 saturated heterocycles. The van der Waals surface area contributed by atoms with Crippen molar-refractivity contribution in [2.75, 3.05) is 12.3 Å². The van der Waals surface area contributed by atoms with Crippen molar-refractivity contribution in [1.82, 2.24) is 5.32 Å². The van der Waals surface area contributed by atoms with Gasteiger partial charge in [0.2, 0.25) is 5.91 Å². The number of halogens is 1. The molecule has 0 fully saturated rings. The lowest BCUT2D eigenvalue weighted by atomic mass is 10.3. The van der Waals surface area contributed by atoms with Crippen molar-refractivity contribution in [1.29, 1.82) is 0 Å². The van der Waals surface area contributed by atoms with E-state index in [0.717, 1.165) is 4.88 Å². The highest BCUT2D eigenvalue weighted by Gasteiger charge is 2.13. The third-order valence-corrected chi connectivity index (χ3v) is 4.28. The quantitative estimate of drug-likeness (QED) is 0.704. The molecule has 0 radical (unpaired) electrons. The van der Waals surface area contributed by atoms with E-state index in [9.17, 15) is 9.59 Å². The zero-order chi connectivity index (χ0) is 13.5. The van der Waals surface area contributed by atoms with Crippen LogP contribution in [0.5, 0.6) is 0 Å². The normalized spacial score (nSPS) is 12.1. The van der Waals surface area contributed by atoms with Crippen molar-refractivity contribution >= 4 is 46.6 Å². The van der Waals surface area contributed by atoms with Gasteiger partial charge >= 0.3 is 5.97 Å². The monoisotopic (exact) mass is 309 g/mol. The van der Waals surface area contributed by atoms with Gasteiger partial charge in [0, 0.05) is 10.6 Å². The van der Waals surface area contributed by atoms with Gasteiger partial charge in [-0.15, -0.1) is 23.1 Å². The second-order valence-electron chi connectivity index (χ2n) is 3.36. The van der Waals surface area contributed by atoms with Gasteiger partial charge in [-0.2, -0.15) is 0 Å². The maximum atomic E-state index is 11.3. The first-order valence-electron chi connectivity index (χ1n) is 4.98. The number of aliphatic carboxylic acids is 1. The molecule has 18 heavy (non-hydrogen) atoms. The molecule has 1 amide bonds. The van der Waals surface area contributed by atoms with Crippen molar-refractivity contribution in [3.63, 3.8) is 0 Å². The Hall–Kier alpha value is -0.760. The number of carboxylic acids is 1. The highest BCUT2D eigenvalue weighted by Crippen LogP contribution is 2.24. The summed E-state index contributed by atoms with van der Waals surface area (Å²) in [6.45, 7) is -0.278. The lowest BCUT2D eigenvalue weighted by Crippen LogP contribution is -2.37. The largest absolute Gasteiger partial charge is 0.479 e. The molecule has 1 rings (SSSR count). The zero-order valence-electron chi connectivity index (χ0n) is 9.26. The van der Waals surface area contributed by atoms with Gasteiger partial charge in [0.25, 0.3) is 0 Å². The molecule has 0 bridgehead atoms. The minimum atomic E-state index is -1.56. The lowest BCUT2D eigenvalue weighted by Gasteiger charge is -2.07. The van der Waals surface area contributed by atoms with Crippen molar-refractivity contribution in [3.8, 4) is 0 Å². The Morgan fingerprint density at radius 3 is 2.78 bits per heavy atom. The van der Waals surface area contributed by atoms with Crippen LogP contribution in [0.2, 0.25) is 4.34 Å². The number of thiophene rings is 1. The topological polar surface area (TPSA) is 86.6 Å². The molecule has 1 aromatic rings. The summed E-state index contributed by atoms with van der Waals surface area (Å²) in [6.07, 6.45) is -1.56. The van der Waals surface area contributed by atoms with E-state index in [1.165, 1.54) is 23.1 Å². The summed E-state index contributed by atoms with van der Waals surface area (Å²) in [5.41, 5.74) is 0. The zero-order valence-corrected chi connectivity index (χ0v) is 11.6. The average molecular weight is 310 g/mol.